The van der Waals surface area contributed by atoms with Gasteiger partial charge in [-0.3, -0.25) is 0 Å². The van der Waals surface area contributed by atoms with Gasteiger partial charge in [-0.05, 0) is 43.7 Å². The number of aryl methyl sites for hydroxylation is 2. The normalized spacial score (nSPS) is 11.3. The third-order valence-corrected chi connectivity index (χ3v) is 5.92. The predicted molar refractivity (Wildman–Crippen MR) is 96.1 cm³/mol. The van der Waals surface area contributed by atoms with Crippen molar-refractivity contribution in [2.24, 2.45) is 0 Å². The Labute approximate surface area is 151 Å². The summed E-state index contributed by atoms with van der Waals surface area (Å²) in [4.78, 5) is 15.3. The zero-order valence-corrected chi connectivity index (χ0v) is 15.1. The fraction of sp³-hybridized carbons (Fsp3) is 0.176. The van der Waals surface area contributed by atoms with Crippen LogP contribution in [-0.4, -0.2) is 20.1 Å². The maximum absolute atomic E-state index is 13.0. The Bertz CT molecular complexity index is 1040. The number of fused-ring (bicyclic) bond motifs is 1. The largest absolute Gasteiger partial charge is 0.338 e. The van der Waals surface area contributed by atoms with Crippen LogP contribution < -0.4 is 0 Å². The Morgan fingerprint density at radius 1 is 1.16 bits per heavy atom. The number of aromatic nitrogens is 4. The summed E-state index contributed by atoms with van der Waals surface area (Å²) >= 11 is 3.21. The van der Waals surface area contributed by atoms with Crippen LogP contribution in [0.1, 0.15) is 16.3 Å². The summed E-state index contributed by atoms with van der Waals surface area (Å²) in [5.41, 5.74) is 1.93. The van der Waals surface area contributed by atoms with Crippen molar-refractivity contribution < 1.29 is 8.91 Å². The van der Waals surface area contributed by atoms with Crippen molar-refractivity contribution in [3.63, 3.8) is 0 Å². The van der Waals surface area contributed by atoms with Gasteiger partial charge in [-0.2, -0.15) is 4.98 Å². The van der Waals surface area contributed by atoms with Gasteiger partial charge >= 0.3 is 0 Å². The molecule has 0 atom stereocenters. The third-order valence-electron chi connectivity index (χ3n) is 3.83. The lowest BCUT2D eigenvalue weighted by atomic mass is 10.2. The summed E-state index contributed by atoms with van der Waals surface area (Å²) in [5, 5.41) is 5.96. The third kappa shape index (κ3) is 3.14. The highest BCUT2D eigenvalue weighted by Crippen LogP contribution is 2.35. The van der Waals surface area contributed by atoms with Crippen molar-refractivity contribution in [3.8, 4) is 11.4 Å². The lowest BCUT2D eigenvalue weighted by molar-refractivity contribution is 0.391. The van der Waals surface area contributed by atoms with Crippen molar-refractivity contribution >= 4 is 33.3 Å². The number of hydrogen-bond donors (Lipinski definition) is 0. The molecule has 0 unspecified atom stereocenters. The van der Waals surface area contributed by atoms with E-state index in [0.717, 1.165) is 20.8 Å². The summed E-state index contributed by atoms with van der Waals surface area (Å²) in [6, 6.07) is 6.00. The summed E-state index contributed by atoms with van der Waals surface area (Å²) in [5.74, 6) is 1.16. The quantitative estimate of drug-likeness (QED) is 0.379. The lowest BCUT2D eigenvalue weighted by Gasteiger charge is -2.00. The Hall–Kier alpha value is -2.32. The molecule has 3 heterocycles. The van der Waals surface area contributed by atoms with E-state index in [0.29, 0.717) is 17.5 Å². The first-order valence-corrected chi connectivity index (χ1v) is 9.34. The van der Waals surface area contributed by atoms with Crippen molar-refractivity contribution in [1.29, 1.82) is 0 Å². The van der Waals surface area contributed by atoms with Crippen LogP contribution in [0.4, 0.5) is 4.39 Å². The second-order valence-electron chi connectivity index (χ2n) is 5.45. The molecule has 0 saturated heterocycles. The Morgan fingerprint density at radius 3 is 2.76 bits per heavy atom. The molecule has 1 aromatic carbocycles. The van der Waals surface area contributed by atoms with Gasteiger partial charge in [0.15, 0.2) is 0 Å². The minimum Gasteiger partial charge on any atom is -0.338 e. The molecule has 0 amide bonds. The van der Waals surface area contributed by atoms with E-state index in [-0.39, 0.29) is 5.82 Å². The van der Waals surface area contributed by atoms with Crippen molar-refractivity contribution in [2.45, 2.75) is 24.6 Å². The Balaban J connectivity index is 1.55. The zero-order chi connectivity index (χ0) is 17.4. The van der Waals surface area contributed by atoms with E-state index in [9.17, 15) is 4.39 Å². The van der Waals surface area contributed by atoms with Gasteiger partial charge in [0.2, 0.25) is 11.7 Å². The minimum atomic E-state index is -0.294. The number of halogens is 1. The van der Waals surface area contributed by atoms with Gasteiger partial charge in [0.25, 0.3) is 0 Å². The summed E-state index contributed by atoms with van der Waals surface area (Å²) in [6.07, 6.45) is 1.58. The molecule has 4 aromatic rings. The zero-order valence-electron chi connectivity index (χ0n) is 13.5. The SMILES string of the molecule is Cc1sc2ncnc(SCc3nc(-c4ccc(F)cc4)no3)c2c1C. The molecule has 3 aromatic heterocycles. The Morgan fingerprint density at radius 2 is 1.96 bits per heavy atom. The van der Waals surface area contributed by atoms with Gasteiger partial charge < -0.3 is 4.52 Å². The number of thioether (sulfide) groups is 1. The first kappa shape index (κ1) is 16.2. The minimum absolute atomic E-state index is 0.294. The van der Waals surface area contributed by atoms with Gasteiger partial charge in [0.1, 0.15) is 22.0 Å². The van der Waals surface area contributed by atoms with E-state index in [2.05, 4.69) is 34.0 Å². The molecule has 0 fully saturated rings. The second kappa shape index (κ2) is 6.53. The number of benzene rings is 1. The molecule has 0 saturated carbocycles. The smallest absolute Gasteiger partial charge is 0.237 e. The van der Waals surface area contributed by atoms with Crippen LogP contribution in [0, 0.1) is 19.7 Å². The maximum atomic E-state index is 13.0. The van der Waals surface area contributed by atoms with Crippen molar-refractivity contribution in [1.82, 2.24) is 20.1 Å². The monoisotopic (exact) mass is 372 g/mol. The van der Waals surface area contributed by atoms with Crippen molar-refractivity contribution in [3.05, 3.63) is 52.7 Å². The Kier molecular flexibility index (Phi) is 4.22. The van der Waals surface area contributed by atoms with E-state index < -0.39 is 0 Å². The molecule has 8 heteroatoms. The van der Waals surface area contributed by atoms with Crippen LogP contribution >= 0.6 is 23.1 Å². The van der Waals surface area contributed by atoms with Crippen LogP contribution in [0.15, 0.2) is 40.1 Å². The molecule has 0 aliphatic rings. The van der Waals surface area contributed by atoms with E-state index in [1.165, 1.54) is 22.6 Å². The first-order chi connectivity index (χ1) is 12.1. The standard InChI is InChI=1S/C17H13FN4OS2/c1-9-10(2)25-17-14(9)16(19-8-20-17)24-7-13-21-15(22-23-13)11-3-5-12(18)6-4-11/h3-6,8H,7H2,1-2H3. The fourth-order valence-corrected chi connectivity index (χ4v) is 4.37. The van der Waals surface area contributed by atoms with Crippen LogP contribution in [0.2, 0.25) is 0 Å². The van der Waals surface area contributed by atoms with E-state index >= 15 is 0 Å². The molecule has 0 spiro atoms. The summed E-state index contributed by atoms with van der Waals surface area (Å²) in [6.45, 7) is 4.17. The van der Waals surface area contributed by atoms with Crippen LogP contribution in [0.3, 0.4) is 0 Å². The van der Waals surface area contributed by atoms with E-state index in [1.807, 2.05) is 0 Å². The average molecular weight is 372 g/mol. The van der Waals surface area contributed by atoms with Gasteiger partial charge in [-0.25, -0.2) is 14.4 Å². The topological polar surface area (TPSA) is 64.7 Å². The molecule has 0 radical (unpaired) electrons. The highest BCUT2D eigenvalue weighted by atomic mass is 32.2. The van der Waals surface area contributed by atoms with Gasteiger partial charge in [0, 0.05) is 15.8 Å². The highest BCUT2D eigenvalue weighted by molar-refractivity contribution is 7.98. The molecule has 25 heavy (non-hydrogen) atoms. The number of nitrogens with zero attached hydrogens (tertiary/aromatic N) is 4. The molecular weight excluding hydrogens is 359 g/mol. The lowest BCUT2D eigenvalue weighted by Crippen LogP contribution is -1.88. The molecule has 126 valence electrons. The molecule has 0 N–H and O–H groups in total. The number of thiophene rings is 1. The van der Waals surface area contributed by atoms with Gasteiger partial charge in [-0.15, -0.1) is 11.3 Å². The predicted octanol–water partition coefficient (Wildman–Crippen LogP) is 4.79. The maximum Gasteiger partial charge on any atom is 0.237 e. The molecule has 0 bridgehead atoms. The second-order valence-corrected chi connectivity index (χ2v) is 7.62. The average Bonchev–Trinajstić information content (AvgIpc) is 3.19. The summed E-state index contributed by atoms with van der Waals surface area (Å²) in [7, 11) is 0. The van der Waals surface area contributed by atoms with Gasteiger partial charge in [-0.1, -0.05) is 16.9 Å². The number of rotatable bonds is 4. The van der Waals surface area contributed by atoms with Crippen LogP contribution in [0.25, 0.3) is 21.6 Å². The molecule has 0 aliphatic carbocycles. The fourth-order valence-electron chi connectivity index (χ4n) is 2.42. The highest BCUT2D eigenvalue weighted by Gasteiger charge is 2.14. The van der Waals surface area contributed by atoms with Crippen LogP contribution in [-0.2, 0) is 5.75 Å². The first-order valence-electron chi connectivity index (χ1n) is 7.54. The van der Waals surface area contributed by atoms with Crippen molar-refractivity contribution in [2.75, 3.05) is 0 Å². The molecule has 5 nitrogen and oxygen atoms in total. The number of hydrogen-bond acceptors (Lipinski definition) is 7. The van der Waals surface area contributed by atoms with E-state index in [4.69, 9.17) is 4.52 Å². The summed E-state index contributed by atoms with van der Waals surface area (Å²) < 4.78 is 18.3. The van der Waals surface area contributed by atoms with E-state index in [1.54, 1.807) is 41.6 Å². The molecule has 0 aliphatic heterocycles. The van der Waals surface area contributed by atoms with Crippen LogP contribution in [0.5, 0.6) is 0 Å². The molecular formula is C17H13FN4OS2. The van der Waals surface area contributed by atoms with Gasteiger partial charge in [0.05, 0.1) is 5.75 Å². The molecule has 4 rings (SSSR count).